The summed E-state index contributed by atoms with van der Waals surface area (Å²) in [5, 5.41) is 4.90. The summed E-state index contributed by atoms with van der Waals surface area (Å²) >= 11 is 0. The summed E-state index contributed by atoms with van der Waals surface area (Å²) in [4.78, 5) is -1.13. The third-order valence-electron chi connectivity index (χ3n) is 2.09. The largest absolute Gasteiger partial charge is 0.239 e. The van der Waals surface area contributed by atoms with Gasteiger partial charge in [0, 0.05) is 10.7 Å². The Morgan fingerprint density at radius 1 is 0.895 bits per heavy atom. The molecule has 0 spiro atoms. The van der Waals surface area contributed by atoms with Gasteiger partial charge in [-0.2, -0.15) is 0 Å². The van der Waals surface area contributed by atoms with Gasteiger partial charge in [-0.15, -0.1) is 0 Å². The van der Waals surface area contributed by atoms with Crippen molar-refractivity contribution in [3.05, 3.63) is 24.3 Å². The predicted octanol–water partition coefficient (Wildman–Crippen LogP) is -0.324. The van der Waals surface area contributed by atoms with Gasteiger partial charge in [0.15, 0.2) is 9.84 Å². The van der Waals surface area contributed by atoms with Crippen LogP contribution in [0.4, 0.5) is 0 Å². The molecule has 0 radical (unpaired) electrons. The Balaban J connectivity index is 3.31. The zero-order chi connectivity index (χ0) is 14.9. The van der Waals surface area contributed by atoms with Crippen LogP contribution in [0, 0.1) is 0 Å². The summed E-state index contributed by atoms with van der Waals surface area (Å²) in [5.41, 5.74) is 0. The van der Waals surface area contributed by atoms with Crippen LogP contribution in [-0.4, -0.2) is 36.8 Å². The predicted molar refractivity (Wildman–Crippen MR) is 69.5 cm³/mol. The fourth-order valence-corrected chi connectivity index (χ4v) is 5.73. The molecule has 19 heavy (non-hydrogen) atoms. The Morgan fingerprint density at radius 3 is 1.79 bits per heavy atom. The molecule has 0 aromatic heterocycles. The van der Waals surface area contributed by atoms with Crippen LogP contribution in [0.3, 0.4) is 0 Å². The van der Waals surface area contributed by atoms with Crippen molar-refractivity contribution in [3.8, 4) is 0 Å². The van der Waals surface area contributed by atoms with E-state index >= 15 is 0 Å². The molecule has 108 valence electrons. The van der Waals surface area contributed by atoms with E-state index in [4.69, 9.17) is 15.8 Å². The van der Waals surface area contributed by atoms with Gasteiger partial charge in [-0.25, -0.2) is 30.4 Å². The van der Waals surface area contributed by atoms with Gasteiger partial charge in [-0.05, 0) is 12.1 Å². The van der Waals surface area contributed by atoms with E-state index in [9.17, 15) is 25.3 Å². The fourth-order valence-electron chi connectivity index (χ4n) is 1.26. The number of benzene rings is 1. The minimum absolute atomic E-state index is 0.544. The van der Waals surface area contributed by atoms with E-state index in [0.29, 0.717) is 0 Å². The highest BCUT2D eigenvalue weighted by atomic mass is 35.7. The van der Waals surface area contributed by atoms with Crippen molar-refractivity contribution in [1.82, 2.24) is 0 Å². The Hall–Kier alpha value is -0.680. The third kappa shape index (κ3) is 4.73. The third-order valence-corrected chi connectivity index (χ3v) is 6.37. The lowest BCUT2D eigenvalue weighted by Crippen LogP contribution is -2.20. The molecule has 0 saturated carbocycles. The van der Waals surface area contributed by atoms with Crippen molar-refractivity contribution in [2.45, 2.75) is 9.79 Å². The molecule has 1 aromatic rings. The molecule has 0 atom stereocenters. The second-order valence-corrected chi connectivity index (χ2v) is 10.1. The number of rotatable bonds is 5. The topological polar surface area (TPSA) is 128 Å². The second-order valence-electron chi connectivity index (χ2n) is 3.55. The van der Waals surface area contributed by atoms with Crippen LogP contribution < -0.4 is 5.14 Å². The normalized spacial score (nSPS) is 13.4. The van der Waals surface area contributed by atoms with E-state index in [0.717, 1.165) is 12.1 Å². The summed E-state index contributed by atoms with van der Waals surface area (Å²) in [7, 11) is -7.44. The highest BCUT2D eigenvalue weighted by molar-refractivity contribution is 8.14. The maximum atomic E-state index is 11.9. The van der Waals surface area contributed by atoms with Crippen molar-refractivity contribution in [2.24, 2.45) is 5.14 Å². The first-order valence-electron chi connectivity index (χ1n) is 4.70. The first-order valence-corrected chi connectivity index (χ1v) is 10.4. The van der Waals surface area contributed by atoms with Gasteiger partial charge in [-0.1, -0.05) is 12.1 Å². The Kier molecular flexibility index (Phi) is 4.62. The number of hydrogen-bond donors (Lipinski definition) is 1. The van der Waals surface area contributed by atoms with E-state index in [2.05, 4.69) is 0 Å². The van der Waals surface area contributed by atoms with Crippen LogP contribution in [0.25, 0.3) is 0 Å². The number of primary sulfonamides is 1. The second kappa shape index (κ2) is 5.37. The summed E-state index contributed by atoms with van der Waals surface area (Å²) in [6.07, 6.45) is 0. The van der Waals surface area contributed by atoms with Crippen molar-refractivity contribution in [2.75, 3.05) is 11.5 Å². The highest BCUT2D eigenvalue weighted by Crippen LogP contribution is 2.21. The smallest absolute Gasteiger partial charge is 0.225 e. The molecule has 11 heteroatoms. The van der Waals surface area contributed by atoms with Crippen molar-refractivity contribution < 1.29 is 25.3 Å². The maximum absolute atomic E-state index is 11.9. The standard InChI is InChI=1S/C8H10ClNO6S3/c9-18(13,14)6-5-17(11,12)7-3-1-2-4-8(7)19(10,15)16/h1-4H,5-6H2,(H2,10,15,16). The van der Waals surface area contributed by atoms with Crippen LogP contribution in [-0.2, 0) is 28.9 Å². The van der Waals surface area contributed by atoms with Gasteiger partial charge in [0.2, 0.25) is 19.1 Å². The van der Waals surface area contributed by atoms with E-state index in [1.54, 1.807) is 0 Å². The molecule has 7 nitrogen and oxygen atoms in total. The van der Waals surface area contributed by atoms with Crippen molar-refractivity contribution in [3.63, 3.8) is 0 Å². The van der Waals surface area contributed by atoms with Crippen LogP contribution in [0.1, 0.15) is 0 Å². The molecular formula is C8H10ClNO6S3. The monoisotopic (exact) mass is 347 g/mol. The molecule has 0 fully saturated rings. The summed E-state index contributed by atoms with van der Waals surface area (Å²) in [5.74, 6) is -1.65. The molecular weight excluding hydrogens is 338 g/mol. The van der Waals surface area contributed by atoms with Crippen LogP contribution in [0.2, 0.25) is 0 Å². The van der Waals surface area contributed by atoms with E-state index < -0.39 is 50.2 Å². The lowest BCUT2D eigenvalue weighted by molar-refractivity contribution is 0.583. The molecule has 0 bridgehead atoms. The quantitative estimate of drug-likeness (QED) is 0.726. The number of nitrogens with two attached hydrogens (primary N) is 1. The Labute approximate surface area is 115 Å². The zero-order valence-corrected chi connectivity index (χ0v) is 12.6. The minimum atomic E-state index is -4.23. The van der Waals surface area contributed by atoms with Crippen molar-refractivity contribution in [1.29, 1.82) is 0 Å². The van der Waals surface area contributed by atoms with Gasteiger partial charge in [0.05, 0.1) is 16.4 Å². The maximum Gasteiger partial charge on any atom is 0.239 e. The first-order chi connectivity index (χ1) is 8.43. The minimum Gasteiger partial charge on any atom is -0.225 e. The molecule has 1 rings (SSSR count). The number of sulfonamides is 1. The van der Waals surface area contributed by atoms with Crippen LogP contribution in [0.15, 0.2) is 34.1 Å². The zero-order valence-electron chi connectivity index (χ0n) is 9.35. The lowest BCUT2D eigenvalue weighted by atomic mass is 10.4. The SMILES string of the molecule is NS(=O)(=O)c1ccccc1S(=O)(=O)CCS(=O)(=O)Cl. The Morgan fingerprint density at radius 2 is 1.37 bits per heavy atom. The number of hydrogen-bond acceptors (Lipinski definition) is 6. The highest BCUT2D eigenvalue weighted by Gasteiger charge is 2.25. The van der Waals surface area contributed by atoms with Crippen LogP contribution >= 0.6 is 10.7 Å². The lowest BCUT2D eigenvalue weighted by Gasteiger charge is -2.07. The molecule has 0 amide bonds. The van der Waals surface area contributed by atoms with Crippen molar-refractivity contribution >= 4 is 39.6 Å². The van der Waals surface area contributed by atoms with Gasteiger partial charge in [0.1, 0.15) is 4.90 Å². The summed E-state index contributed by atoms with van der Waals surface area (Å²) in [6, 6.07) is 4.67. The molecule has 1 aromatic carbocycles. The number of sulfone groups is 1. The molecule has 0 aliphatic heterocycles. The van der Waals surface area contributed by atoms with E-state index in [-0.39, 0.29) is 0 Å². The summed E-state index contributed by atoms with van der Waals surface area (Å²) < 4.78 is 67.8. The average molecular weight is 348 g/mol. The molecule has 0 saturated heterocycles. The molecule has 0 heterocycles. The average Bonchev–Trinajstić information content (AvgIpc) is 2.25. The Bertz CT molecular complexity index is 782. The van der Waals surface area contributed by atoms with Crippen LogP contribution in [0.5, 0.6) is 0 Å². The fraction of sp³-hybridized carbons (Fsp3) is 0.250. The number of halogens is 1. The molecule has 0 aliphatic carbocycles. The van der Waals surface area contributed by atoms with Gasteiger partial charge in [-0.3, -0.25) is 0 Å². The first kappa shape index (κ1) is 16.4. The summed E-state index contributed by atoms with van der Waals surface area (Å²) in [6.45, 7) is 0. The molecule has 0 aliphatic rings. The molecule has 2 N–H and O–H groups in total. The van der Waals surface area contributed by atoms with Gasteiger partial charge < -0.3 is 0 Å². The van der Waals surface area contributed by atoms with E-state index in [1.807, 2.05) is 0 Å². The van der Waals surface area contributed by atoms with Gasteiger partial charge >= 0.3 is 0 Å². The van der Waals surface area contributed by atoms with Gasteiger partial charge in [0.25, 0.3) is 0 Å². The van der Waals surface area contributed by atoms with E-state index in [1.165, 1.54) is 12.1 Å². The molecule has 0 unspecified atom stereocenters.